The molecule has 1 aliphatic heterocycles. The van der Waals surface area contributed by atoms with E-state index in [0.717, 1.165) is 38.5 Å². The maximum atomic E-state index is 12.5. The van der Waals surface area contributed by atoms with Crippen LogP contribution in [-0.2, 0) is 6.18 Å². The second-order valence-corrected chi connectivity index (χ2v) is 4.76. The average Bonchev–Trinajstić information content (AvgIpc) is 2.39. The maximum Gasteiger partial charge on any atom is 0.433 e. The van der Waals surface area contributed by atoms with Gasteiger partial charge in [-0.2, -0.15) is 13.2 Å². The van der Waals surface area contributed by atoms with E-state index in [0.29, 0.717) is 5.82 Å². The number of hydrogen-bond donors (Lipinski definition) is 1. The molecular formula is C13H18F3N3. The molecule has 0 bridgehead atoms. The Bertz CT molecular complexity index is 412. The molecule has 106 valence electrons. The predicted octanol–water partition coefficient (Wildman–Crippen LogP) is 3.00. The summed E-state index contributed by atoms with van der Waals surface area (Å²) in [5, 5.41) is 3.10. The molecular weight excluding hydrogens is 255 g/mol. The first kappa shape index (κ1) is 14.1. The number of likely N-dealkylation sites (tertiary alicyclic amines) is 1. The summed E-state index contributed by atoms with van der Waals surface area (Å²) in [5.41, 5.74) is -0.844. The van der Waals surface area contributed by atoms with E-state index in [-0.39, 0.29) is 6.04 Å². The van der Waals surface area contributed by atoms with Crippen LogP contribution in [0.2, 0.25) is 0 Å². The Balaban J connectivity index is 1.97. The van der Waals surface area contributed by atoms with Crippen LogP contribution in [0.1, 0.15) is 25.5 Å². The molecule has 1 aromatic rings. The van der Waals surface area contributed by atoms with E-state index >= 15 is 0 Å². The van der Waals surface area contributed by atoms with E-state index in [4.69, 9.17) is 0 Å². The van der Waals surface area contributed by atoms with Crippen molar-refractivity contribution in [3.05, 3.63) is 23.9 Å². The minimum Gasteiger partial charge on any atom is -0.367 e. The summed E-state index contributed by atoms with van der Waals surface area (Å²) in [6.45, 7) is 5.09. The third kappa shape index (κ3) is 3.83. The lowest BCUT2D eigenvalue weighted by atomic mass is 10.1. The van der Waals surface area contributed by atoms with Crippen LogP contribution in [0.25, 0.3) is 0 Å². The van der Waals surface area contributed by atoms with E-state index in [1.54, 1.807) is 6.07 Å². The van der Waals surface area contributed by atoms with E-state index in [1.807, 2.05) is 0 Å². The van der Waals surface area contributed by atoms with Crippen molar-refractivity contribution < 1.29 is 13.2 Å². The monoisotopic (exact) mass is 273 g/mol. The molecule has 2 rings (SSSR count). The molecule has 6 heteroatoms. The van der Waals surface area contributed by atoms with Gasteiger partial charge in [0.2, 0.25) is 0 Å². The first-order valence-corrected chi connectivity index (χ1v) is 6.52. The maximum absolute atomic E-state index is 12.5. The number of pyridine rings is 1. The second-order valence-electron chi connectivity index (χ2n) is 4.76. The lowest BCUT2D eigenvalue weighted by molar-refractivity contribution is -0.141. The number of alkyl halides is 3. The number of nitrogens with one attached hydrogen (secondary N) is 1. The highest BCUT2D eigenvalue weighted by Gasteiger charge is 2.32. The highest BCUT2D eigenvalue weighted by Crippen LogP contribution is 2.28. The van der Waals surface area contributed by atoms with Crippen molar-refractivity contribution >= 4 is 5.82 Å². The topological polar surface area (TPSA) is 28.2 Å². The SMILES string of the molecule is CCN1CCC(Nc2cccc(C(F)(F)F)n2)CC1. The fourth-order valence-corrected chi connectivity index (χ4v) is 2.28. The van der Waals surface area contributed by atoms with E-state index < -0.39 is 11.9 Å². The first-order valence-electron chi connectivity index (χ1n) is 6.52. The summed E-state index contributed by atoms with van der Waals surface area (Å²) in [5.74, 6) is 0.310. The van der Waals surface area contributed by atoms with Gasteiger partial charge in [-0.05, 0) is 31.5 Å². The van der Waals surface area contributed by atoms with Crippen LogP contribution in [0.15, 0.2) is 18.2 Å². The number of hydrogen-bond acceptors (Lipinski definition) is 3. The van der Waals surface area contributed by atoms with Crippen molar-refractivity contribution in [3.8, 4) is 0 Å². The quantitative estimate of drug-likeness (QED) is 0.917. The molecule has 1 N–H and O–H groups in total. The fraction of sp³-hybridized carbons (Fsp3) is 0.615. The van der Waals surface area contributed by atoms with Gasteiger partial charge in [-0.1, -0.05) is 13.0 Å². The van der Waals surface area contributed by atoms with Crippen molar-refractivity contribution in [1.29, 1.82) is 0 Å². The normalized spacial score (nSPS) is 18.5. The summed E-state index contributed by atoms with van der Waals surface area (Å²) in [6.07, 6.45) is -2.51. The summed E-state index contributed by atoms with van der Waals surface area (Å²) in [7, 11) is 0. The van der Waals surface area contributed by atoms with Gasteiger partial charge in [0, 0.05) is 19.1 Å². The van der Waals surface area contributed by atoms with Crippen molar-refractivity contribution in [3.63, 3.8) is 0 Å². The molecule has 1 saturated heterocycles. The number of rotatable bonds is 3. The van der Waals surface area contributed by atoms with E-state index in [2.05, 4.69) is 22.1 Å². The van der Waals surface area contributed by atoms with Crippen molar-refractivity contribution in [2.75, 3.05) is 25.0 Å². The zero-order valence-electron chi connectivity index (χ0n) is 10.9. The van der Waals surface area contributed by atoms with Gasteiger partial charge in [-0.3, -0.25) is 0 Å². The molecule has 1 fully saturated rings. The highest BCUT2D eigenvalue weighted by atomic mass is 19.4. The lowest BCUT2D eigenvalue weighted by Gasteiger charge is -2.31. The van der Waals surface area contributed by atoms with Crippen LogP contribution < -0.4 is 5.32 Å². The summed E-state index contributed by atoms with van der Waals surface area (Å²) < 4.78 is 37.6. The number of halogens is 3. The fourth-order valence-electron chi connectivity index (χ4n) is 2.28. The molecule has 0 radical (unpaired) electrons. The van der Waals surface area contributed by atoms with Crippen molar-refractivity contribution in [1.82, 2.24) is 9.88 Å². The lowest BCUT2D eigenvalue weighted by Crippen LogP contribution is -2.39. The number of aromatic nitrogens is 1. The zero-order valence-corrected chi connectivity index (χ0v) is 10.9. The molecule has 0 spiro atoms. The third-order valence-electron chi connectivity index (χ3n) is 3.43. The van der Waals surface area contributed by atoms with Crippen molar-refractivity contribution in [2.45, 2.75) is 32.0 Å². The summed E-state index contributed by atoms with van der Waals surface area (Å²) in [6, 6.07) is 4.17. The molecule has 2 heterocycles. The molecule has 0 aromatic carbocycles. The molecule has 0 amide bonds. The number of nitrogens with zero attached hydrogens (tertiary/aromatic N) is 2. The number of anilines is 1. The van der Waals surface area contributed by atoms with Gasteiger partial charge in [0.1, 0.15) is 11.5 Å². The molecule has 3 nitrogen and oxygen atoms in total. The van der Waals surface area contributed by atoms with Crippen LogP contribution in [0.4, 0.5) is 19.0 Å². The molecule has 0 aliphatic carbocycles. The molecule has 1 aliphatic rings. The van der Waals surface area contributed by atoms with Crippen LogP contribution in [0.5, 0.6) is 0 Å². The molecule has 0 atom stereocenters. The third-order valence-corrected chi connectivity index (χ3v) is 3.43. The van der Waals surface area contributed by atoms with Crippen molar-refractivity contribution in [2.24, 2.45) is 0 Å². The minimum absolute atomic E-state index is 0.207. The molecule has 0 unspecified atom stereocenters. The number of piperidine rings is 1. The van der Waals surface area contributed by atoms with Crippen LogP contribution >= 0.6 is 0 Å². The molecule has 1 aromatic heterocycles. The Hall–Kier alpha value is -1.30. The Labute approximate surface area is 110 Å². The minimum atomic E-state index is -4.39. The van der Waals surface area contributed by atoms with Gasteiger partial charge in [0.25, 0.3) is 0 Å². The van der Waals surface area contributed by atoms with Gasteiger partial charge in [-0.25, -0.2) is 4.98 Å². The van der Waals surface area contributed by atoms with Gasteiger partial charge in [0.15, 0.2) is 0 Å². The highest BCUT2D eigenvalue weighted by molar-refractivity contribution is 5.37. The van der Waals surface area contributed by atoms with E-state index in [9.17, 15) is 13.2 Å². The van der Waals surface area contributed by atoms with Gasteiger partial charge >= 0.3 is 6.18 Å². The Morgan fingerprint density at radius 1 is 1.32 bits per heavy atom. The van der Waals surface area contributed by atoms with Gasteiger partial charge in [-0.15, -0.1) is 0 Å². The largest absolute Gasteiger partial charge is 0.433 e. The smallest absolute Gasteiger partial charge is 0.367 e. The van der Waals surface area contributed by atoms with Crippen LogP contribution in [-0.4, -0.2) is 35.6 Å². The Morgan fingerprint density at radius 3 is 2.58 bits per heavy atom. The molecule has 0 saturated carbocycles. The average molecular weight is 273 g/mol. The van der Waals surface area contributed by atoms with Crippen LogP contribution in [0, 0.1) is 0 Å². The standard InChI is InChI=1S/C13H18F3N3/c1-2-19-8-6-10(7-9-19)17-12-5-3-4-11(18-12)13(14,15)16/h3-5,10H,2,6-9H2,1H3,(H,17,18). The second kappa shape index (κ2) is 5.77. The van der Waals surface area contributed by atoms with E-state index in [1.165, 1.54) is 6.07 Å². The zero-order chi connectivity index (χ0) is 13.9. The van der Waals surface area contributed by atoms with Crippen LogP contribution in [0.3, 0.4) is 0 Å². The Morgan fingerprint density at radius 2 is 2.00 bits per heavy atom. The summed E-state index contributed by atoms with van der Waals surface area (Å²) >= 11 is 0. The molecule has 19 heavy (non-hydrogen) atoms. The van der Waals surface area contributed by atoms with Gasteiger partial charge < -0.3 is 10.2 Å². The Kier molecular flexibility index (Phi) is 4.29. The summed E-state index contributed by atoms with van der Waals surface area (Å²) in [4.78, 5) is 5.96. The predicted molar refractivity (Wildman–Crippen MR) is 68.0 cm³/mol. The first-order chi connectivity index (χ1) is 8.99. The van der Waals surface area contributed by atoms with Gasteiger partial charge in [0.05, 0.1) is 0 Å².